The molecule has 0 fully saturated rings. The van der Waals surface area contributed by atoms with Crippen molar-refractivity contribution in [1.29, 1.82) is 0 Å². The lowest BCUT2D eigenvalue weighted by Crippen LogP contribution is -2.05. The molecule has 0 atom stereocenters. The fourth-order valence-electron chi connectivity index (χ4n) is 2.51. The van der Waals surface area contributed by atoms with Crippen LogP contribution in [0.1, 0.15) is 23.7 Å². The van der Waals surface area contributed by atoms with E-state index in [1.165, 1.54) is 28.3 Å². The number of hydrogen-bond acceptors (Lipinski definition) is 2. The molecule has 0 unspecified atom stereocenters. The summed E-state index contributed by atoms with van der Waals surface area (Å²) in [5, 5.41) is 8.19. The van der Waals surface area contributed by atoms with Gasteiger partial charge in [-0.15, -0.1) is 0 Å². The highest BCUT2D eigenvalue weighted by atomic mass is 15.3. The normalized spacial score (nSPS) is 13.5. The maximum absolute atomic E-state index is 4.74. The van der Waals surface area contributed by atoms with Gasteiger partial charge >= 0.3 is 0 Å². The van der Waals surface area contributed by atoms with Crippen LogP contribution in [-0.2, 0) is 12.8 Å². The third-order valence-corrected chi connectivity index (χ3v) is 3.41. The van der Waals surface area contributed by atoms with Crippen molar-refractivity contribution in [2.75, 3.05) is 11.9 Å². The van der Waals surface area contributed by atoms with Gasteiger partial charge in [-0.1, -0.05) is 25.1 Å². The molecule has 1 N–H and O–H groups in total. The lowest BCUT2D eigenvalue weighted by Gasteiger charge is -2.08. The maximum atomic E-state index is 4.74. The Balaban J connectivity index is 2.19. The van der Waals surface area contributed by atoms with Gasteiger partial charge in [0.25, 0.3) is 0 Å². The van der Waals surface area contributed by atoms with E-state index in [4.69, 9.17) is 5.10 Å². The monoisotopic (exact) mass is 227 g/mol. The molecular weight excluding hydrogens is 210 g/mol. The maximum Gasteiger partial charge on any atom is 0.133 e. The molecular formula is C14H17N3. The predicted molar refractivity (Wildman–Crippen MR) is 69.9 cm³/mol. The van der Waals surface area contributed by atoms with Gasteiger partial charge in [0.1, 0.15) is 5.82 Å². The number of hydrogen-bond donors (Lipinski definition) is 1. The van der Waals surface area contributed by atoms with E-state index in [1.807, 2.05) is 0 Å². The van der Waals surface area contributed by atoms with Crippen molar-refractivity contribution in [1.82, 2.24) is 9.78 Å². The van der Waals surface area contributed by atoms with Crippen molar-refractivity contribution >= 4 is 5.82 Å². The molecule has 0 amide bonds. The van der Waals surface area contributed by atoms with Gasteiger partial charge in [0.05, 0.1) is 11.4 Å². The summed E-state index contributed by atoms with van der Waals surface area (Å²) in [5.74, 6) is 1.19. The summed E-state index contributed by atoms with van der Waals surface area (Å²) in [4.78, 5) is 0. The van der Waals surface area contributed by atoms with Gasteiger partial charge in [-0.3, -0.25) is 0 Å². The number of benzene rings is 1. The number of rotatable bonds is 2. The smallest absolute Gasteiger partial charge is 0.133 e. The Hall–Kier alpha value is -1.77. The number of anilines is 1. The zero-order valence-corrected chi connectivity index (χ0v) is 10.3. The second kappa shape index (κ2) is 3.91. The Morgan fingerprint density at radius 2 is 2.18 bits per heavy atom. The molecule has 1 aromatic carbocycles. The van der Waals surface area contributed by atoms with Crippen molar-refractivity contribution in [3.63, 3.8) is 0 Å². The van der Waals surface area contributed by atoms with E-state index in [0.717, 1.165) is 19.4 Å². The molecule has 3 heteroatoms. The van der Waals surface area contributed by atoms with Crippen LogP contribution in [0.4, 0.5) is 5.82 Å². The van der Waals surface area contributed by atoms with Crippen LogP contribution >= 0.6 is 0 Å². The van der Waals surface area contributed by atoms with E-state index in [2.05, 4.69) is 48.1 Å². The van der Waals surface area contributed by atoms with E-state index in [9.17, 15) is 0 Å². The number of nitrogens with zero attached hydrogens (tertiary/aromatic N) is 2. The molecule has 0 saturated heterocycles. The highest BCUT2D eigenvalue weighted by molar-refractivity contribution is 5.58. The minimum absolute atomic E-state index is 1.00. The van der Waals surface area contributed by atoms with Crippen LogP contribution < -0.4 is 5.32 Å². The average molecular weight is 227 g/mol. The summed E-state index contributed by atoms with van der Waals surface area (Å²) >= 11 is 0. The molecule has 2 heterocycles. The molecule has 0 radical (unpaired) electrons. The summed E-state index contributed by atoms with van der Waals surface area (Å²) in [5.41, 5.74) is 5.07. The number of aromatic nitrogens is 2. The van der Waals surface area contributed by atoms with E-state index >= 15 is 0 Å². The summed E-state index contributed by atoms with van der Waals surface area (Å²) in [6, 6.07) is 8.39. The van der Waals surface area contributed by atoms with Gasteiger partial charge < -0.3 is 5.32 Å². The zero-order valence-electron chi connectivity index (χ0n) is 10.3. The molecule has 0 saturated carbocycles. The van der Waals surface area contributed by atoms with Crippen molar-refractivity contribution in [2.45, 2.75) is 26.7 Å². The molecule has 0 bridgehead atoms. The van der Waals surface area contributed by atoms with Gasteiger partial charge in [-0.25, -0.2) is 4.68 Å². The molecule has 88 valence electrons. The summed E-state index contributed by atoms with van der Waals surface area (Å²) in [7, 11) is 0. The molecule has 1 aromatic heterocycles. The van der Waals surface area contributed by atoms with Crippen LogP contribution in [0, 0.1) is 6.92 Å². The number of nitrogens with one attached hydrogen (secondary N) is 1. The summed E-state index contributed by atoms with van der Waals surface area (Å²) < 4.78 is 2.07. The molecule has 1 aliphatic rings. The number of para-hydroxylation sites is 1. The molecule has 1 aliphatic heterocycles. The first kappa shape index (κ1) is 10.4. The second-order valence-corrected chi connectivity index (χ2v) is 4.50. The third-order valence-electron chi connectivity index (χ3n) is 3.41. The second-order valence-electron chi connectivity index (χ2n) is 4.50. The predicted octanol–water partition coefficient (Wildman–Crippen LogP) is 2.71. The van der Waals surface area contributed by atoms with Crippen LogP contribution in [0.25, 0.3) is 5.69 Å². The lowest BCUT2D eigenvalue weighted by atomic mass is 10.1. The van der Waals surface area contributed by atoms with Crippen molar-refractivity contribution < 1.29 is 0 Å². The molecule has 17 heavy (non-hydrogen) atoms. The minimum Gasteiger partial charge on any atom is -0.369 e. The SMILES string of the molecule is CCc1nn(-c2ccccc2C)c2c1CCN2. The summed E-state index contributed by atoms with van der Waals surface area (Å²) in [6.45, 7) is 5.33. The molecule has 2 aromatic rings. The van der Waals surface area contributed by atoms with E-state index < -0.39 is 0 Å². The molecule has 0 aliphatic carbocycles. The Morgan fingerprint density at radius 1 is 1.35 bits per heavy atom. The van der Waals surface area contributed by atoms with Gasteiger partial charge in [0.2, 0.25) is 0 Å². The van der Waals surface area contributed by atoms with Gasteiger partial charge in [-0.2, -0.15) is 5.10 Å². The molecule has 3 nitrogen and oxygen atoms in total. The first-order chi connectivity index (χ1) is 8.31. The standard InChI is InChI=1S/C14H17N3/c1-3-12-11-8-9-15-14(11)17(16-12)13-7-5-4-6-10(13)2/h4-7,15H,3,8-9H2,1-2H3. The topological polar surface area (TPSA) is 29.9 Å². The fourth-order valence-corrected chi connectivity index (χ4v) is 2.51. The van der Waals surface area contributed by atoms with E-state index in [-0.39, 0.29) is 0 Å². The molecule has 0 spiro atoms. The Kier molecular flexibility index (Phi) is 2.39. The van der Waals surface area contributed by atoms with Crippen LogP contribution in [0.2, 0.25) is 0 Å². The summed E-state index contributed by atoms with van der Waals surface area (Å²) in [6.07, 6.45) is 2.10. The minimum atomic E-state index is 1.00. The van der Waals surface area contributed by atoms with Crippen LogP contribution in [0.15, 0.2) is 24.3 Å². The number of fused-ring (bicyclic) bond motifs is 1. The highest BCUT2D eigenvalue weighted by Crippen LogP contribution is 2.29. The van der Waals surface area contributed by atoms with Crippen molar-refractivity contribution in [2.24, 2.45) is 0 Å². The lowest BCUT2D eigenvalue weighted by molar-refractivity contribution is 0.827. The number of aryl methyl sites for hydroxylation is 2. The van der Waals surface area contributed by atoms with E-state index in [1.54, 1.807) is 0 Å². The first-order valence-corrected chi connectivity index (χ1v) is 6.22. The third kappa shape index (κ3) is 1.54. The van der Waals surface area contributed by atoms with Gasteiger partial charge in [0.15, 0.2) is 0 Å². The van der Waals surface area contributed by atoms with Crippen molar-refractivity contribution in [3.05, 3.63) is 41.1 Å². The molecule has 3 rings (SSSR count). The average Bonchev–Trinajstić information content (AvgIpc) is 2.91. The van der Waals surface area contributed by atoms with Gasteiger partial charge in [0, 0.05) is 12.1 Å². The Morgan fingerprint density at radius 3 is 2.94 bits per heavy atom. The van der Waals surface area contributed by atoms with Crippen LogP contribution in [0.3, 0.4) is 0 Å². The largest absolute Gasteiger partial charge is 0.369 e. The van der Waals surface area contributed by atoms with Crippen molar-refractivity contribution in [3.8, 4) is 5.69 Å². The zero-order chi connectivity index (χ0) is 11.8. The van der Waals surface area contributed by atoms with E-state index in [0.29, 0.717) is 0 Å². The van der Waals surface area contributed by atoms with Gasteiger partial charge in [-0.05, 0) is 31.4 Å². The Labute approximate surface area is 101 Å². The first-order valence-electron chi connectivity index (χ1n) is 6.22. The van der Waals surface area contributed by atoms with Crippen LogP contribution in [0.5, 0.6) is 0 Å². The quantitative estimate of drug-likeness (QED) is 0.855. The fraction of sp³-hybridized carbons (Fsp3) is 0.357. The Bertz CT molecular complexity index is 555. The highest BCUT2D eigenvalue weighted by Gasteiger charge is 2.22. The van der Waals surface area contributed by atoms with Crippen LogP contribution in [-0.4, -0.2) is 16.3 Å².